The van der Waals surface area contributed by atoms with Crippen LogP contribution in [0, 0.1) is 0 Å². The second-order valence-electron chi connectivity index (χ2n) is 8.52. The Labute approximate surface area is 207 Å². The summed E-state index contributed by atoms with van der Waals surface area (Å²) in [4.78, 5) is 36.8. The van der Waals surface area contributed by atoms with E-state index >= 15 is 0 Å². The Bertz CT molecular complexity index is 1570. The largest absolute Gasteiger partial charge is 0.289 e. The molecule has 172 valence electrons. The smallest absolute Gasteiger partial charge is 0.195 e. The van der Waals surface area contributed by atoms with Gasteiger partial charge in [-0.15, -0.1) is 11.3 Å². The van der Waals surface area contributed by atoms with Crippen molar-refractivity contribution in [2.75, 3.05) is 0 Å². The van der Waals surface area contributed by atoms with Crippen molar-refractivity contribution in [2.24, 2.45) is 0 Å². The van der Waals surface area contributed by atoms with E-state index in [4.69, 9.17) is 0 Å². The molecule has 0 unspecified atom stereocenters. The average molecular weight is 477 g/mol. The molecular weight excluding hydrogens is 452 g/mol. The van der Waals surface area contributed by atoms with Gasteiger partial charge in [-0.05, 0) is 42.2 Å². The molecule has 35 heavy (non-hydrogen) atoms. The molecule has 1 aromatic heterocycles. The number of fused-ring (bicyclic) bond motifs is 4. The lowest BCUT2D eigenvalue weighted by Crippen LogP contribution is -2.20. The Hall–Kier alpha value is -3.89. The molecule has 6 rings (SSSR count). The summed E-state index contributed by atoms with van der Waals surface area (Å²) in [5.41, 5.74) is 4.75. The number of hydrogen-bond acceptors (Lipinski definition) is 4. The van der Waals surface area contributed by atoms with E-state index in [1.165, 1.54) is 11.1 Å². The molecule has 0 bridgehead atoms. The number of ketones is 2. The maximum absolute atomic E-state index is 12.6. The fourth-order valence-corrected chi connectivity index (χ4v) is 5.79. The molecule has 0 N–H and O–H groups in total. The summed E-state index contributed by atoms with van der Waals surface area (Å²) in [6, 6.07) is 26.1. The van der Waals surface area contributed by atoms with E-state index < -0.39 is 0 Å². The quantitative estimate of drug-likeness (QED) is 0.253. The summed E-state index contributed by atoms with van der Waals surface area (Å²) in [7, 11) is 0. The SMILES string of the molecule is CCc1cc(CC)c2sc3ccccc3c(=O)c2c1.O=C1c2ccccc2C(=O)c2ccccc21. The summed E-state index contributed by atoms with van der Waals surface area (Å²) in [6.45, 7) is 4.29. The fourth-order valence-electron chi connectivity index (χ4n) is 4.56. The zero-order chi connectivity index (χ0) is 24.5. The summed E-state index contributed by atoms with van der Waals surface area (Å²) in [5, 5.41) is 1.73. The van der Waals surface area contributed by atoms with Gasteiger partial charge in [0.05, 0.1) is 0 Å². The predicted octanol–water partition coefficient (Wildman–Crippen LogP) is 7.00. The first kappa shape index (κ1) is 22.9. The Kier molecular flexibility index (Phi) is 6.14. The Morgan fingerprint density at radius 1 is 0.600 bits per heavy atom. The van der Waals surface area contributed by atoms with E-state index in [1.807, 2.05) is 24.3 Å². The van der Waals surface area contributed by atoms with E-state index in [2.05, 4.69) is 26.0 Å². The van der Waals surface area contributed by atoms with Gasteiger partial charge in [-0.1, -0.05) is 80.6 Å². The molecule has 4 aromatic carbocycles. The fraction of sp³-hybridized carbons (Fsp3) is 0.129. The van der Waals surface area contributed by atoms with Crippen molar-refractivity contribution in [1.29, 1.82) is 0 Å². The molecule has 4 heteroatoms. The minimum absolute atomic E-state index is 0.0641. The summed E-state index contributed by atoms with van der Waals surface area (Å²) >= 11 is 1.74. The van der Waals surface area contributed by atoms with Crippen LogP contribution < -0.4 is 5.43 Å². The molecule has 1 aliphatic rings. The molecule has 0 atom stereocenters. The van der Waals surface area contributed by atoms with Crippen molar-refractivity contribution in [2.45, 2.75) is 26.7 Å². The van der Waals surface area contributed by atoms with Crippen molar-refractivity contribution in [1.82, 2.24) is 0 Å². The Morgan fingerprint density at radius 2 is 1.11 bits per heavy atom. The molecule has 0 amide bonds. The molecule has 0 radical (unpaired) electrons. The van der Waals surface area contributed by atoms with Crippen LogP contribution in [-0.4, -0.2) is 11.6 Å². The number of carbonyl (C=O) groups excluding carboxylic acids is 2. The van der Waals surface area contributed by atoms with Gasteiger partial charge in [-0.25, -0.2) is 0 Å². The number of benzene rings is 4. The first-order valence-electron chi connectivity index (χ1n) is 11.8. The van der Waals surface area contributed by atoms with Crippen LogP contribution in [0.3, 0.4) is 0 Å². The molecule has 3 nitrogen and oxygen atoms in total. The molecule has 0 saturated carbocycles. The van der Waals surface area contributed by atoms with Crippen LogP contribution in [0.1, 0.15) is 56.8 Å². The van der Waals surface area contributed by atoms with E-state index in [0.717, 1.165) is 33.0 Å². The van der Waals surface area contributed by atoms with Gasteiger partial charge < -0.3 is 0 Å². The predicted molar refractivity (Wildman–Crippen MR) is 144 cm³/mol. The van der Waals surface area contributed by atoms with Crippen LogP contribution >= 0.6 is 11.3 Å². The standard InChI is InChI=1S/C17H16OS.C14H8O2/c1-3-11-9-12(4-2)17-14(10-11)16(18)13-7-5-6-8-15(13)19-17;15-13-9-5-1-2-6-10(9)14(16)12-8-4-3-7-11(12)13/h5-10H,3-4H2,1-2H3;1-8H. The zero-order valence-electron chi connectivity index (χ0n) is 19.6. The lowest BCUT2D eigenvalue weighted by molar-refractivity contribution is 0.0979. The van der Waals surface area contributed by atoms with E-state index in [1.54, 1.807) is 59.9 Å². The first-order valence-corrected chi connectivity index (χ1v) is 12.6. The summed E-state index contributed by atoms with van der Waals surface area (Å²) in [6.07, 6.45) is 1.94. The van der Waals surface area contributed by atoms with E-state index in [9.17, 15) is 14.4 Å². The van der Waals surface area contributed by atoms with Gasteiger partial charge in [-0.2, -0.15) is 0 Å². The minimum atomic E-state index is -0.0641. The zero-order valence-corrected chi connectivity index (χ0v) is 20.4. The second-order valence-corrected chi connectivity index (χ2v) is 9.57. The van der Waals surface area contributed by atoms with Gasteiger partial charge in [0.2, 0.25) is 0 Å². The second kappa shape index (κ2) is 9.40. The van der Waals surface area contributed by atoms with Crippen LogP contribution in [0.4, 0.5) is 0 Å². The lowest BCUT2D eigenvalue weighted by atomic mass is 9.84. The third-order valence-corrected chi connectivity index (χ3v) is 7.70. The van der Waals surface area contributed by atoms with Gasteiger partial charge in [0.1, 0.15) is 0 Å². The van der Waals surface area contributed by atoms with Crippen molar-refractivity contribution in [3.63, 3.8) is 0 Å². The molecule has 0 saturated heterocycles. The first-order chi connectivity index (χ1) is 17.0. The molecular formula is C31H24O3S. The molecule has 0 spiro atoms. The maximum atomic E-state index is 12.6. The Morgan fingerprint density at radius 3 is 1.63 bits per heavy atom. The third kappa shape index (κ3) is 4.00. The van der Waals surface area contributed by atoms with E-state index in [0.29, 0.717) is 22.3 Å². The maximum Gasteiger partial charge on any atom is 0.195 e. The number of aryl methyl sites for hydroxylation is 2. The highest BCUT2D eigenvalue weighted by molar-refractivity contribution is 7.24. The van der Waals surface area contributed by atoms with Crippen molar-refractivity contribution in [3.8, 4) is 0 Å². The van der Waals surface area contributed by atoms with Crippen LogP contribution in [0.2, 0.25) is 0 Å². The van der Waals surface area contributed by atoms with Crippen LogP contribution in [0.5, 0.6) is 0 Å². The lowest BCUT2D eigenvalue weighted by Gasteiger charge is -2.16. The summed E-state index contributed by atoms with van der Waals surface area (Å²) in [5.74, 6) is -0.128. The summed E-state index contributed by atoms with van der Waals surface area (Å²) < 4.78 is 2.24. The highest BCUT2D eigenvalue weighted by Crippen LogP contribution is 2.29. The monoisotopic (exact) mass is 476 g/mol. The Balaban J connectivity index is 0.000000147. The van der Waals surface area contributed by atoms with E-state index in [-0.39, 0.29) is 17.0 Å². The van der Waals surface area contributed by atoms with Crippen molar-refractivity contribution in [3.05, 3.63) is 129 Å². The highest BCUT2D eigenvalue weighted by Gasteiger charge is 2.28. The highest BCUT2D eigenvalue weighted by atomic mass is 32.1. The average Bonchev–Trinajstić information content (AvgIpc) is 2.92. The molecule has 0 aliphatic heterocycles. The molecule has 0 fully saturated rings. The van der Waals surface area contributed by atoms with Crippen molar-refractivity contribution < 1.29 is 9.59 Å². The number of hydrogen-bond donors (Lipinski definition) is 0. The molecule has 1 heterocycles. The number of rotatable bonds is 2. The van der Waals surface area contributed by atoms with Gasteiger partial charge in [0.25, 0.3) is 0 Å². The van der Waals surface area contributed by atoms with Gasteiger partial charge in [-0.3, -0.25) is 14.4 Å². The van der Waals surface area contributed by atoms with Crippen LogP contribution in [0.25, 0.3) is 20.2 Å². The van der Waals surface area contributed by atoms with Crippen LogP contribution in [0.15, 0.2) is 89.7 Å². The van der Waals surface area contributed by atoms with Gasteiger partial charge in [0.15, 0.2) is 17.0 Å². The third-order valence-electron chi connectivity index (χ3n) is 6.44. The molecule has 1 aliphatic carbocycles. The van der Waals surface area contributed by atoms with Gasteiger partial charge in [0, 0.05) is 42.4 Å². The van der Waals surface area contributed by atoms with Gasteiger partial charge >= 0.3 is 0 Å². The number of carbonyl (C=O) groups is 2. The molecule has 5 aromatic rings. The van der Waals surface area contributed by atoms with Crippen molar-refractivity contribution >= 4 is 43.1 Å². The van der Waals surface area contributed by atoms with Crippen LogP contribution in [-0.2, 0) is 12.8 Å². The normalized spacial score (nSPS) is 12.2. The minimum Gasteiger partial charge on any atom is -0.289 e. The topological polar surface area (TPSA) is 51.2 Å².